The van der Waals surface area contributed by atoms with Gasteiger partial charge in [-0.2, -0.15) is 5.09 Å². The number of ether oxygens (including phenoxy) is 2. The van der Waals surface area contributed by atoms with E-state index in [0.29, 0.717) is 5.39 Å². The van der Waals surface area contributed by atoms with Gasteiger partial charge in [-0.25, -0.2) is 9.36 Å². The monoisotopic (exact) mass is 775 g/mol. The second-order valence-electron chi connectivity index (χ2n) is 11.8. The van der Waals surface area contributed by atoms with Gasteiger partial charge in [0, 0.05) is 18.0 Å². The number of aliphatic hydroxyl groups excluding tert-OH is 1. The number of hydrogen-bond donors (Lipinski definition) is 3. The molecule has 0 amide bonds. The van der Waals surface area contributed by atoms with E-state index in [2.05, 4.69) is 26.0 Å². The number of aromatic nitrogens is 2. The molecule has 0 radical (unpaired) electrons. The molecule has 0 bridgehead atoms. The molecule has 1 aromatic heterocycles. The summed E-state index contributed by atoms with van der Waals surface area (Å²) in [4.78, 5) is 42.2. The van der Waals surface area contributed by atoms with Crippen molar-refractivity contribution < 1.29 is 33.0 Å². The van der Waals surface area contributed by atoms with Gasteiger partial charge >= 0.3 is 19.4 Å². The fourth-order valence-corrected chi connectivity index (χ4v) is 7.46. The highest BCUT2D eigenvalue weighted by Crippen LogP contribution is 2.48. The lowest BCUT2D eigenvalue weighted by Gasteiger charge is -2.26. The molecule has 1 aliphatic rings. The van der Waals surface area contributed by atoms with Crippen LogP contribution in [0.3, 0.4) is 0 Å². The molecule has 0 saturated carbocycles. The Morgan fingerprint density at radius 2 is 1.69 bits per heavy atom. The Kier molecular flexibility index (Phi) is 11.8. The van der Waals surface area contributed by atoms with Gasteiger partial charge < -0.3 is 19.1 Å². The van der Waals surface area contributed by atoms with Crippen LogP contribution in [0.25, 0.3) is 16.8 Å². The number of aromatic amines is 1. The molecule has 4 aromatic carbocycles. The van der Waals surface area contributed by atoms with Crippen LogP contribution >= 0.6 is 23.7 Å². The number of benzene rings is 4. The summed E-state index contributed by atoms with van der Waals surface area (Å²) in [5, 5.41) is 15.3. The molecule has 0 spiro atoms. The number of carbonyl (C=O) groups is 1. The average Bonchev–Trinajstić information content (AvgIpc) is 3.51. The molecule has 1 saturated heterocycles. The Bertz CT molecular complexity index is 2150. The predicted octanol–water partition coefficient (Wildman–Crippen LogP) is 5.85. The maximum Gasteiger partial charge on any atom is 0.459 e. The molecule has 51 heavy (non-hydrogen) atoms. The first-order valence-electron chi connectivity index (χ1n) is 16.1. The Hall–Kier alpha value is -4.62. The number of hydrogen-bond acceptors (Lipinski definition) is 9. The summed E-state index contributed by atoms with van der Waals surface area (Å²) in [6.45, 7) is -0.459. The maximum atomic E-state index is 14.8. The smallest absolute Gasteiger partial charge is 0.459 e. The first-order chi connectivity index (χ1) is 24.7. The molecule has 1 fully saturated rings. The average molecular weight is 777 g/mol. The summed E-state index contributed by atoms with van der Waals surface area (Å²) < 4.78 is 39.8. The van der Waals surface area contributed by atoms with Crippen molar-refractivity contribution in [3.63, 3.8) is 0 Å². The van der Waals surface area contributed by atoms with Gasteiger partial charge in [0.25, 0.3) is 5.56 Å². The number of esters is 1. The van der Waals surface area contributed by atoms with Gasteiger partial charge in [-0.15, -0.1) is 0 Å². The SMILES string of the molecule is O=C(OCc1ccccc1)[C@H](Cc1ccccc1)NP(=O)(OCC1OC(n2cc(/C=C/Br)c(=O)[nH]c2=O)CC1O)Oc1cccc2ccccc12. The Labute approximate surface area is 301 Å². The number of halogens is 1. The standard InChI is InChI=1S/C37H35BrN3O9P/c38-19-18-28-22-41(37(45)39-35(28)43)34-21-31(42)33(49-34)24-48-51(46,50-32-17-9-15-27-14-7-8-16-29(27)32)40-30(20-25-10-3-1-4-11-25)36(44)47-23-26-12-5-2-6-13-26/h1-19,22,30-31,33-34,42H,20-21,23-24H2,(H,40,46)(H,39,43,45)/b19-18+/t30-,31?,33?,34?,51?/m0/s1. The predicted molar refractivity (Wildman–Crippen MR) is 195 cm³/mol. The van der Waals surface area contributed by atoms with Crippen LogP contribution in [0.15, 0.2) is 124 Å². The molecule has 0 aliphatic carbocycles. The fraction of sp³-hybridized carbons (Fsp3) is 0.216. The Morgan fingerprint density at radius 3 is 2.43 bits per heavy atom. The number of aliphatic hydroxyl groups is 1. The van der Waals surface area contributed by atoms with E-state index in [0.717, 1.165) is 21.1 Å². The van der Waals surface area contributed by atoms with Crippen LogP contribution in [0, 0.1) is 0 Å². The van der Waals surface area contributed by atoms with Crippen molar-refractivity contribution >= 4 is 46.5 Å². The lowest BCUT2D eigenvalue weighted by molar-refractivity contribution is -0.147. The van der Waals surface area contributed by atoms with Crippen molar-refractivity contribution in [2.75, 3.05) is 6.61 Å². The molecule has 1 aliphatic heterocycles. The number of H-pyrrole nitrogens is 1. The van der Waals surface area contributed by atoms with Crippen molar-refractivity contribution in [3.05, 3.63) is 152 Å². The van der Waals surface area contributed by atoms with Crippen molar-refractivity contribution in [2.24, 2.45) is 0 Å². The molecule has 264 valence electrons. The summed E-state index contributed by atoms with van der Waals surface area (Å²) in [6.07, 6.45) is -0.327. The Balaban J connectivity index is 1.27. The van der Waals surface area contributed by atoms with Crippen LogP contribution in [-0.2, 0) is 36.4 Å². The third-order valence-corrected chi connectivity index (χ3v) is 10.1. The molecule has 4 unspecified atom stereocenters. The van der Waals surface area contributed by atoms with Crippen molar-refractivity contribution in [3.8, 4) is 5.75 Å². The first-order valence-corrected chi connectivity index (χ1v) is 18.6. The highest BCUT2D eigenvalue weighted by molar-refractivity contribution is 9.11. The highest BCUT2D eigenvalue weighted by Gasteiger charge is 2.40. The summed E-state index contributed by atoms with van der Waals surface area (Å²) in [6, 6.07) is 29.8. The number of fused-ring (bicyclic) bond motifs is 1. The molecule has 2 heterocycles. The third-order valence-electron chi connectivity index (χ3n) is 8.23. The van der Waals surface area contributed by atoms with Gasteiger partial charge in [0.05, 0.1) is 18.3 Å². The second kappa shape index (κ2) is 16.6. The second-order valence-corrected chi connectivity index (χ2v) is 14.0. The van der Waals surface area contributed by atoms with Gasteiger partial charge in [-0.3, -0.25) is 23.7 Å². The van der Waals surface area contributed by atoms with Crippen LogP contribution < -0.4 is 20.9 Å². The quantitative estimate of drug-likeness (QED) is 0.0923. The van der Waals surface area contributed by atoms with Crippen molar-refractivity contribution in [2.45, 2.75) is 43.9 Å². The minimum atomic E-state index is -4.46. The van der Waals surface area contributed by atoms with Crippen molar-refractivity contribution in [1.82, 2.24) is 14.6 Å². The maximum absolute atomic E-state index is 14.8. The van der Waals surface area contributed by atoms with E-state index in [9.17, 15) is 24.1 Å². The van der Waals surface area contributed by atoms with E-state index in [4.69, 9.17) is 18.5 Å². The number of carbonyl (C=O) groups excluding carboxylic acids is 1. The zero-order chi connectivity index (χ0) is 35.8. The lowest BCUT2D eigenvalue weighted by Crippen LogP contribution is -2.40. The summed E-state index contributed by atoms with van der Waals surface area (Å²) >= 11 is 3.12. The van der Waals surface area contributed by atoms with E-state index >= 15 is 0 Å². The molecule has 5 atom stereocenters. The molecular weight excluding hydrogens is 741 g/mol. The Morgan fingerprint density at radius 1 is 1.00 bits per heavy atom. The number of nitrogens with zero attached hydrogens (tertiary/aromatic N) is 1. The van der Waals surface area contributed by atoms with E-state index in [-0.39, 0.29) is 30.8 Å². The fourth-order valence-electron chi connectivity index (χ4n) is 5.66. The third kappa shape index (κ3) is 9.19. The van der Waals surface area contributed by atoms with Gasteiger partial charge in [-0.1, -0.05) is 113 Å². The molecule has 3 N–H and O–H groups in total. The van der Waals surface area contributed by atoms with Crippen LogP contribution in [0.4, 0.5) is 0 Å². The van der Waals surface area contributed by atoms with E-state index < -0.39 is 56.0 Å². The zero-order valence-corrected chi connectivity index (χ0v) is 29.7. The van der Waals surface area contributed by atoms with Crippen molar-refractivity contribution in [1.29, 1.82) is 0 Å². The summed E-state index contributed by atoms with van der Waals surface area (Å²) in [5.41, 5.74) is 0.408. The molecule has 14 heteroatoms. The van der Waals surface area contributed by atoms with Crippen LogP contribution in [0.5, 0.6) is 5.75 Å². The lowest BCUT2D eigenvalue weighted by atomic mass is 10.1. The minimum Gasteiger partial charge on any atom is -0.460 e. The van der Waals surface area contributed by atoms with E-state index in [1.165, 1.54) is 17.3 Å². The van der Waals surface area contributed by atoms with E-state index in [1.54, 1.807) is 18.2 Å². The largest absolute Gasteiger partial charge is 0.460 e. The van der Waals surface area contributed by atoms with Gasteiger partial charge in [0.2, 0.25) is 0 Å². The minimum absolute atomic E-state index is 0.0112. The normalized spacial score (nSPS) is 19.1. The highest BCUT2D eigenvalue weighted by atomic mass is 79.9. The first kappa shape index (κ1) is 36.2. The molecule has 5 aromatic rings. The molecular formula is C37H35BrN3O9P. The van der Waals surface area contributed by atoms with Gasteiger partial charge in [0.1, 0.15) is 30.7 Å². The zero-order valence-electron chi connectivity index (χ0n) is 27.2. The van der Waals surface area contributed by atoms with E-state index in [1.807, 2.05) is 84.9 Å². The van der Waals surface area contributed by atoms with Crippen LogP contribution in [-0.4, -0.2) is 45.5 Å². The van der Waals surface area contributed by atoms with Gasteiger partial charge in [0.15, 0.2) is 0 Å². The number of nitrogens with one attached hydrogen (secondary N) is 2. The molecule has 12 nitrogen and oxygen atoms in total. The molecule has 6 rings (SSSR count). The number of rotatable bonds is 14. The van der Waals surface area contributed by atoms with Crippen LogP contribution in [0.2, 0.25) is 0 Å². The summed E-state index contributed by atoms with van der Waals surface area (Å²) in [7, 11) is -4.46. The topological polar surface area (TPSA) is 158 Å². The van der Waals surface area contributed by atoms with Crippen LogP contribution in [0.1, 0.15) is 29.3 Å². The summed E-state index contributed by atoms with van der Waals surface area (Å²) in [5.74, 6) is -0.450. The van der Waals surface area contributed by atoms with Gasteiger partial charge in [-0.05, 0) is 40.1 Å².